The number of hydrogen-bond donors (Lipinski definition) is 1. The molecular weight excluding hydrogens is 347 g/mol. The maximum atomic E-state index is 6.41. The summed E-state index contributed by atoms with van der Waals surface area (Å²) in [6.45, 7) is 2.70. The van der Waals surface area contributed by atoms with Crippen LogP contribution in [0.2, 0.25) is 10.0 Å². The molecular formula is C18H22Cl2N2O2. The van der Waals surface area contributed by atoms with Gasteiger partial charge in [-0.15, -0.1) is 0 Å². The highest BCUT2D eigenvalue weighted by Crippen LogP contribution is 2.37. The molecule has 0 aliphatic rings. The van der Waals surface area contributed by atoms with Crippen molar-refractivity contribution in [1.82, 2.24) is 0 Å². The van der Waals surface area contributed by atoms with E-state index in [-0.39, 0.29) is 0 Å². The van der Waals surface area contributed by atoms with E-state index in [4.69, 9.17) is 38.4 Å². The predicted molar refractivity (Wildman–Crippen MR) is 102 cm³/mol. The summed E-state index contributed by atoms with van der Waals surface area (Å²) in [5, 5.41) is 1.19. The molecule has 0 spiro atoms. The van der Waals surface area contributed by atoms with Crippen LogP contribution in [-0.4, -0.2) is 40.5 Å². The van der Waals surface area contributed by atoms with Crippen LogP contribution in [0, 0.1) is 0 Å². The van der Waals surface area contributed by atoms with Crippen LogP contribution in [0.15, 0.2) is 36.4 Å². The third kappa shape index (κ3) is 4.77. The molecule has 0 aliphatic heterocycles. The topological polar surface area (TPSA) is 47.7 Å². The van der Waals surface area contributed by atoms with Crippen molar-refractivity contribution in [2.75, 3.05) is 51.2 Å². The molecule has 130 valence electrons. The average Bonchev–Trinajstić information content (AvgIpc) is 2.55. The third-order valence-corrected chi connectivity index (χ3v) is 4.26. The molecule has 0 atom stereocenters. The Bertz CT molecular complexity index is 672. The van der Waals surface area contributed by atoms with Gasteiger partial charge in [0.15, 0.2) is 0 Å². The molecule has 6 heteroatoms. The Morgan fingerprint density at radius 3 is 2.17 bits per heavy atom. The number of rotatable bonds is 8. The molecule has 0 aliphatic carbocycles. The number of nitrogen functional groups attached to an aromatic ring is 1. The molecule has 0 heterocycles. The quantitative estimate of drug-likeness (QED) is 0.703. The molecule has 0 radical (unpaired) electrons. The Hall–Kier alpha value is -1.46. The maximum Gasteiger partial charge on any atom is 0.0637 e. The monoisotopic (exact) mass is 368 g/mol. The molecule has 2 N–H and O–H groups in total. The van der Waals surface area contributed by atoms with Gasteiger partial charge in [-0.05, 0) is 30.3 Å². The summed E-state index contributed by atoms with van der Waals surface area (Å²) < 4.78 is 10.5. The number of halogens is 2. The molecule has 0 unspecified atom stereocenters. The fourth-order valence-corrected chi connectivity index (χ4v) is 3.02. The van der Waals surface area contributed by atoms with Gasteiger partial charge < -0.3 is 20.1 Å². The Balaban J connectivity index is 2.48. The second kappa shape index (κ2) is 9.14. The molecule has 0 aromatic heterocycles. The van der Waals surface area contributed by atoms with Crippen LogP contribution in [0.4, 0.5) is 11.4 Å². The molecule has 4 nitrogen and oxygen atoms in total. The lowest BCUT2D eigenvalue weighted by Crippen LogP contribution is -2.31. The van der Waals surface area contributed by atoms with Gasteiger partial charge in [0, 0.05) is 59.9 Å². The van der Waals surface area contributed by atoms with Crippen molar-refractivity contribution in [3.8, 4) is 11.1 Å². The van der Waals surface area contributed by atoms with Crippen LogP contribution in [-0.2, 0) is 9.47 Å². The number of hydrogen-bond acceptors (Lipinski definition) is 4. The van der Waals surface area contributed by atoms with Gasteiger partial charge in [-0.1, -0.05) is 29.3 Å². The van der Waals surface area contributed by atoms with Gasteiger partial charge >= 0.3 is 0 Å². The SMILES string of the molecule is COCCN(CCOC)c1ccc(N)cc1-c1ccc(Cl)cc1Cl. The highest BCUT2D eigenvalue weighted by atomic mass is 35.5. The average molecular weight is 369 g/mol. The molecule has 24 heavy (non-hydrogen) atoms. The van der Waals surface area contributed by atoms with Gasteiger partial charge in [0.05, 0.1) is 13.2 Å². The first-order valence-electron chi connectivity index (χ1n) is 7.64. The van der Waals surface area contributed by atoms with Crippen LogP contribution in [0.25, 0.3) is 11.1 Å². The Kier molecular flexibility index (Phi) is 7.18. The molecule has 2 aromatic carbocycles. The minimum atomic E-state index is 0.591. The summed E-state index contributed by atoms with van der Waals surface area (Å²) in [5.74, 6) is 0. The van der Waals surface area contributed by atoms with E-state index in [0.29, 0.717) is 28.9 Å². The third-order valence-electron chi connectivity index (χ3n) is 3.71. The van der Waals surface area contributed by atoms with Crippen LogP contribution >= 0.6 is 23.2 Å². The number of nitrogens with zero attached hydrogens (tertiary/aromatic N) is 1. The lowest BCUT2D eigenvalue weighted by Gasteiger charge is -2.27. The highest BCUT2D eigenvalue weighted by Gasteiger charge is 2.15. The first-order chi connectivity index (χ1) is 11.6. The van der Waals surface area contributed by atoms with Gasteiger partial charge in [-0.25, -0.2) is 0 Å². The lowest BCUT2D eigenvalue weighted by molar-refractivity contribution is 0.190. The predicted octanol–water partition coefficient (Wildman–Crippen LogP) is 4.34. The van der Waals surface area contributed by atoms with Crippen molar-refractivity contribution in [1.29, 1.82) is 0 Å². The van der Waals surface area contributed by atoms with E-state index in [1.165, 1.54) is 0 Å². The highest BCUT2D eigenvalue weighted by molar-refractivity contribution is 6.36. The summed E-state index contributed by atoms with van der Waals surface area (Å²) >= 11 is 12.4. The summed E-state index contributed by atoms with van der Waals surface area (Å²) in [5.41, 5.74) is 9.57. The van der Waals surface area contributed by atoms with Gasteiger partial charge in [-0.2, -0.15) is 0 Å². The van der Waals surface area contributed by atoms with Crippen LogP contribution < -0.4 is 10.6 Å². The molecule has 0 amide bonds. The summed E-state index contributed by atoms with van der Waals surface area (Å²) in [7, 11) is 3.38. The molecule has 0 bridgehead atoms. The summed E-state index contributed by atoms with van der Waals surface area (Å²) in [6, 6.07) is 11.3. The van der Waals surface area contributed by atoms with Crippen LogP contribution in [0.1, 0.15) is 0 Å². The summed E-state index contributed by atoms with van der Waals surface area (Å²) in [6.07, 6.45) is 0. The van der Waals surface area contributed by atoms with Crippen molar-refractivity contribution in [2.45, 2.75) is 0 Å². The van der Waals surface area contributed by atoms with Crippen molar-refractivity contribution in [2.24, 2.45) is 0 Å². The molecule has 2 rings (SSSR count). The van der Waals surface area contributed by atoms with E-state index in [9.17, 15) is 0 Å². The van der Waals surface area contributed by atoms with E-state index >= 15 is 0 Å². The normalized spacial score (nSPS) is 10.8. The standard InChI is InChI=1S/C18H22Cl2N2O2/c1-23-9-7-22(8-10-24-2)18-6-4-14(21)12-16(18)15-5-3-13(19)11-17(15)20/h3-6,11-12H,7-10,21H2,1-2H3. The zero-order valence-electron chi connectivity index (χ0n) is 13.9. The Morgan fingerprint density at radius 2 is 1.58 bits per heavy atom. The molecule has 2 aromatic rings. The minimum Gasteiger partial charge on any atom is -0.399 e. The van der Waals surface area contributed by atoms with Crippen molar-refractivity contribution in [3.63, 3.8) is 0 Å². The van der Waals surface area contributed by atoms with E-state index in [1.807, 2.05) is 30.3 Å². The molecule has 0 saturated carbocycles. The van der Waals surface area contributed by atoms with Crippen molar-refractivity contribution < 1.29 is 9.47 Å². The van der Waals surface area contributed by atoms with Gasteiger partial charge in [0.2, 0.25) is 0 Å². The minimum absolute atomic E-state index is 0.591. The van der Waals surface area contributed by atoms with Gasteiger partial charge in [-0.3, -0.25) is 0 Å². The van der Waals surface area contributed by atoms with E-state index < -0.39 is 0 Å². The fourth-order valence-electron chi connectivity index (χ4n) is 2.51. The smallest absolute Gasteiger partial charge is 0.0637 e. The number of nitrogens with two attached hydrogens (primary N) is 1. The second-order valence-electron chi connectivity index (χ2n) is 5.37. The zero-order valence-corrected chi connectivity index (χ0v) is 15.4. The lowest BCUT2D eigenvalue weighted by atomic mass is 10.0. The Labute approximate surface area is 153 Å². The van der Waals surface area contributed by atoms with E-state index in [0.717, 1.165) is 29.9 Å². The van der Waals surface area contributed by atoms with Crippen LogP contribution in [0.3, 0.4) is 0 Å². The molecule has 0 saturated heterocycles. The number of ether oxygens (including phenoxy) is 2. The maximum absolute atomic E-state index is 6.41. The van der Waals surface area contributed by atoms with Gasteiger partial charge in [0.1, 0.15) is 0 Å². The second-order valence-corrected chi connectivity index (χ2v) is 6.22. The first-order valence-corrected chi connectivity index (χ1v) is 8.40. The van der Waals surface area contributed by atoms with Crippen molar-refractivity contribution >= 4 is 34.6 Å². The first kappa shape index (κ1) is 18.9. The van der Waals surface area contributed by atoms with E-state index in [2.05, 4.69) is 4.90 Å². The zero-order chi connectivity index (χ0) is 17.5. The number of methoxy groups -OCH3 is 2. The van der Waals surface area contributed by atoms with Crippen molar-refractivity contribution in [3.05, 3.63) is 46.4 Å². The number of anilines is 2. The van der Waals surface area contributed by atoms with Gasteiger partial charge in [0.25, 0.3) is 0 Å². The fraction of sp³-hybridized carbons (Fsp3) is 0.333. The Morgan fingerprint density at radius 1 is 0.917 bits per heavy atom. The summed E-state index contributed by atoms with van der Waals surface area (Å²) in [4.78, 5) is 2.20. The van der Waals surface area contributed by atoms with Crippen LogP contribution in [0.5, 0.6) is 0 Å². The number of benzene rings is 2. The van der Waals surface area contributed by atoms with E-state index in [1.54, 1.807) is 20.3 Å². The largest absolute Gasteiger partial charge is 0.399 e. The molecule has 0 fully saturated rings.